The van der Waals surface area contributed by atoms with Crippen molar-refractivity contribution in [3.8, 4) is 141 Å². The van der Waals surface area contributed by atoms with E-state index in [9.17, 15) is 67.5 Å². The van der Waals surface area contributed by atoms with E-state index in [2.05, 4.69) is 72.1 Å². The number of carboxylic acid groups (broad SMARTS) is 1. The van der Waals surface area contributed by atoms with Crippen LogP contribution < -0.4 is 49.5 Å². The second kappa shape index (κ2) is 44.7. The van der Waals surface area contributed by atoms with Crippen LogP contribution in [-0.4, -0.2) is 193 Å². The van der Waals surface area contributed by atoms with E-state index in [1.165, 1.54) is 30.2 Å². The summed E-state index contributed by atoms with van der Waals surface area (Å²) in [6, 6.07) is 43.4. The number of phenolic OH excluding ortho intramolecular Hbond substituents is 4. The van der Waals surface area contributed by atoms with Gasteiger partial charge in [0.05, 0.1) is 60.8 Å². The summed E-state index contributed by atoms with van der Waals surface area (Å²) in [7, 11) is 8.45. The van der Waals surface area contributed by atoms with Crippen LogP contribution in [0.5, 0.6) is 51.7 Å². The number of ether oxygens (including phenoxy) is 8. The molecule has 1 fully saturated rings. The van der Waals surface area contributed by atoms with Gasteiger partial charge in [-0.3, -0.25) is 35.2 Å². The Morgan fingerprint density at radius 1 is 0.490 bits per heavy atom. The van der Waals surface area contributed by atoms with E-state index in [-0.39, 0.29) is 112 Å². The predicted octanol–water partition coefficient (Wildman–Crippen LogP) is 21.2. The Morgan fingerprint density at radius 2 is 0.952 bits per heavy atom. The summed E-state index contributed by atoms with van der Waals surface area (Å²) >= 11 is 1.85. The molecule has 8 aromatic carbocycles. The number of carbonyl (C=O) groups is 7. The van der Waals surface area contributed by atoms with Gasteiger partial charge in [0, 0.05) is 193 Å². The maximum atomic E-state index is 12.8. The number of amides is 4. The Morgan fingerprint density at radius 3 is 1.46 bits per heavy atom. The van der Waals surface area contributed by atoms with Crippen LogP contribution in [0.3, 0.4) is 0 Å². The van der Waals surface area contributed by atoms with Crippen LogP contribution in [0.25, 0.3) is 133 Å². The first-order valence-corrected chi connectivity index (χ1v) is 49.1. The van der Waals surface area contributed by atoms with Crippen molar-refractivity contribution in [3.05, 3.63) is 187 Å². The molecular weight excluding hydrogens is 1930 g/mol. The molecule has 0 unspecified atom stereocenters. The molecule has 758 valence electrons. The number of aromatic hydroxyl groups is 4. The van der Waals surface area contributed by atoms with Crippen molar-refractivity contribution in [1.29, 1.82) is 0 Å². The van der Waals surface area contributed by atoms with Crippen LogP contribution in [0.4, 0.5) is 45.2 Å². The summed E-state index contributed by atoms with van der Waals surface area (Å²) in [5.74, 6) is 0.453. The first kappa shape index (κ1) is 104. The van der Waals surface area contributed by atoms with Crippen LogP contribution in [0, 0.1) is 6.92 Å². The van der Waals surface area contributed by atoms with Gasteiger partial charge in [0.15, 0.2) is 23.1 Å². The molecule has 0 aliphatic heterocycles. The molecule has 1 aliphatic rings. The molecule has 0 spiro atoms. The molecule has 16 aromatic rings. The number of thioether (sulfide) groups is 2. The summed E-state index contributed by atoms with van der Waals surface area (Å²) < 4.78 is 76.5. The predicted molar refractivity (Wildman–Crippen MR) is 553 cm³/mol. The number of H-pyrrole nitrogens is 4. The number of aromatic amines is 4. The number of hydrogen-bond acceptors (Lipinski definition) is 27. The zero-order valence-corrected chi connectivity index (χ0v) is 84.7. The SMILES string of the molecule is CCNC(=O)Oc1cc(OC(=O)NCC)c(C(C)C)cc1-c1[nH]nc(SC(=O)N(C)C)c1-c1cccc2c1ccn2C.CCOC(=O)Oc1cc(OC(=O)OCC)c(C(C)C)cc1-c1[nH]nc(SC(=O)OCC)c1-c1cccc2c1cc(C)n2C.COc1cc(-c2[nH]nc(NS(N)(=O)=O)c2-c2ccc3c(ccn3C)c2)c(O)cc1O.Cn1ccc2cc(-c3c(NC(=O)O)n[nH]c3-c3cc(C4CC4)c(O)cc3O)ccc21. The maximum absolute atomic E-state index is 12.8. The van der Waals surface area contributed by atoms with Gasteiger partial charge in [0.25, 0.3) is 15.4 Å². The number of benzene rings is 8. The number of rotatable bonds is 26. The van der Waals surface area contributed by atoms with E-state index in [0.29, 0.717) is 96.0 Å². The average Bonchev–Trinajstić information content (AvgIpc) is 1.57. The Balaban J connectivity index is 0.000000155. The molecule has 4 amide bonds. The van der Waals surface area contributed by atoms with Crippen molar-refractivity contribution in [2.24, 2.45) is 33.3 Å². The van der Waals surface area contributed by atoms with Crippen molar-refractivity contribution >= 4 is 130 Å². The fourth-order valence-corrected chi connectivity index (χ4v) is 18.4. The van der Waals surface area contributed by atoms with Gasteiger partial charge in [-0.05, 0) is 208 Å². The number of carbonyl (C=O) groups excluding carboxylic acids is 6. The fourth-order valence-electron chi connectivity index (χ4n) is 16.5. The lowest BCUT2D eigenvalue weighted by Crippen LogP contribution is -2.27. The molecule has 145 heavy (non-hydrogen) atoms. The van der Waals surface area contributed by atoms with E-state index in [1.807, 2.05) is 186 Å². The normalized spacial score (nSPS) is 11.7. The van der Waals surface area contributed by atoms with Crippen LogP contribution in [0.1, 0.15) is 115 Å². The number of aromatic nitrogens is 12. The van der Waals surface area contributed by atoms with Gasteiger partial charge >= 0.3 is 35.9 Å². The number of hydrogen-bond donors (Lipinski definition) is 14. The number of aryl methyl sites for hydroxylation is 5. The number of methoxy groups -OCH3 is 1. The molecule has 0 radical (unpaired) electrons. The van der Waals surface area contributed by atoms with Crippen LogP contribution in [-0.2, 0) is 52.6 Å². The van der Waals surface area contributed by atoms with E-state index in [0.717, 1.165) is 120 Å². The van der Waals surface area contributed by atoms with Gasteiger partial charge in [0.2, 0.25) is 0 Å². The number of anilines is 2. The minimum atomic E-state index is -4.11. The Labute approximate surface area is 840 Å². The van der Waals surface area contributed by atoms with Gasteiger partial charge in [-0.1, -0.05) is 64.1 Å². The minimum absolute atomic E-state index is 0.0331. The van der Waals surface area contributed by atoms with Gasteiger partial charge in [0.1, 0.15) is 50.3 Å². The molecule has 15 N–H and O–H groups in total. The lowest BCUT2D eigenvalue weighted by atomic mass is 9.94. The van der Waals surface area contributed by atoms with E-state index in [4.69, 9.17) is 43.0 Å². The van der Waals surface area contributed by atoms with Crippen molar-refractivity contribution in [2.75, 3.05) is 64.2 Å². The molecular formula is C102H110N18O22S3. The highest BCUT2D eigenvalue weighted by Crippen LogP contribution is 2.53. The smallest absolute Gasteiger partial charge is 0.508 e. The molecule has 43 heteroatoms. The van der Waals surface area contributed by atoms with Gasteiger partial charge in [-0.25, -0.2) is 33.9 Å². The van der Waals surface area contributed by atoms with Gasteiger partial charge in [-0.15, -0.1) is 0 Å². The first-order chi connectivity index (χ1) is 69.2. The molecule has 1 aliphatic carbocycles. The van der Waals surface area contributed by atoms with Crippen LogP contribution in [0.2, 0.25) is 0 Å². The Bertz CT molecular complexity index is 7750. The zero-order chi connectivity index (χ0) is 104. The van der Waals surface area contributed by atoms with Gasteiger partial charge < -0.3 is 97.2 Å². The van der Waals surface area contributed by atoms with Gasteiger partial charge in [-0.2, -0.15) is 28.8 Å². The monoisotopic (exact) mass is 2030 g/mol. The average molecular weight is 2040 g/mol. The number of phenols is 4. The molecule has 0 atom stereocenters. The largest absolute Gasteiger partial charge is 0.513 e. The molecule has 0 bridgehead atoms. The third kappa shape index (κ3) is 23.3. The highest BCUT2D eigenvalue weighted by molar-refractivity contribution is 8.13. The molecule has 17 rings (SSSR count). The Hall–Kier alpha value is -16.5. The highest BCUT2D eigenvalue weighted by atomic mass is 32.2. The summed E-state index contributed by atoms with van der Waals surface area (Å²) in [5.41, 5.74) is 15.9. The lowest BCUT2D eigenvalue weighted by molar-refractivity contribution is 0.102. The van der Waals surface area contributed by atoms with E-state index >= 15 is 0 Å². The zero-order valence-electron chi connectivity index (χ0n) is 82.3. The molecule has 8 heterocycles. The van der Waals surface area contributed by atoms with Crippen molar-refractivity contribution in [2.45, 2.75) is 110 Å². The van der Waals surface area contributed by atoms with Crippen molar-refractivity contribution in [3.63, 3.8) is 0 Å². The first-order valence-electron chi connectivity index (χ1n) is 46.0. The van der Waals surface area contributed by atoms with E-state index in [1.54, 1.807) is 73.0 Å². The summed E-state index contributed by atoms with van der Waals surface area (Å²) in [6.45, 7) is 19.7. The fraction of sp³-hybridized carbons (Fsp3) is 0.265. The van der Waals surface area contributed by atoms with Crippen LogP contribution >= 0.6 is 23.5 Å². The third-order valence-corrected chi connectivity index (χ3v) is 25.8. The summed E-state index contributed by atoms with van der Waals surface area (Å²) in [5, 5.41) is 96.2. The highest BCUT2D eigenvalue weighted by Gasteiger charge is 2.35. The summed E-state index contributed by atoms with van der Waals surface area (Å²) in [6.07, 6.45) is 3.47. The minimum Gasteiger partial charge on any atom is -0.508 e. The molecule has 0 saturated heterocycles. The van der Waals surface area contributed by atoms with Crippen molar-refractivity contribution in [1.82, 2.24) is 74.6 Å². The number of nitrogens with one attached hydrogen (secondary N) is 8. The number of fused-ring (bicyclic) bond motifs is 4. The standard InChI is InChI=1S/C31H35N3O8S.C30H36N6O5S.C22H20N4O4.C19H19N5O5S/c1-8-38-29(35)41-24-16-25(42-30(36)39-9-2)22(15-20(24)17(4)5)27-26(28(33-32-27)43-31(37)40-10-3)19-12-11-13-23-21(19)14-18(6)34(23)7;1-8-31-28(37)40-23-16-24(41-29(38)32-9-2)21(15-20(23)17(3)4)26-25(27(34-33-26)42-30(39)35(5)6)19-11-10-12-22-18(19)13-14-36(22)7;1-26-7-6-12-8-13(4-5-16(12)26)19-20(24-25-21(19)23-22(29)30)15-9-14(11-2-3-11)17(27)10-18(15)28;1-24-6-5-10-7-11(3-4-13(10)24)17-18(21-22-19(17)23-30(20,27)28)12-8-16(29-2)15(26)9-14(12)25/h11-17H,8-10H2,1-7H3,(H,32,33);10-17H,8-9H2,1-7H3,(H,31,37)(H,32,38)(H,33,34);4-11,27-28H,2-3H2,1H3,(H,29,30)(H2,23,24,25);3-9,25-26H,1-2H3,(H2,20,27,28)(H2,21,22,23). The van der Waals surface area contributed by atoms with Crippen LogP contribution in [0.15, 0.2) is 174 Å². The lowest BCUT2D eigenvalue weighted by Gasteiger charge is -2.19. The second-order valence-corrected chi connectivity index (χ2v) is 37.4. The Kier molecular flexibility index (Phi) is 32.2. The molecule has 1 saturated carbocycles. The number of nitrogens with two attached hydrogens (primary N) is 1. The topological polar surface area (TPSA) is 540 Å². The quantitative estimate of drug-likeness (QED) is 0.0104. The maximum Gasteiger partial charge on any atom is 0.513 e. The van der Waals surface area contributed by atoms with Crippen molar-refractivity contribution < 1.29 is 105 Å². The molecule has 8 aromatic heterocycles. The number of nitrogens with zero attached hydrogens (tertiary/aromatic N) is 9. The second-order valence-electron chi connectivity index (χ2n) is 34.2. The summed E-state index contributed by atoms with van der Waals surface area (Å²) in [4.78, 5) is 88.2. The molecule has 40 nitrogen and oxygen atoms in total. The van der Waals surface area contributed by atoms with E-state index < -0.39 is 46.1 Å². The third-order valence-electron chi connectivity index (χ3n) is 23.6.